The number of halogens is 2. The van der Waals surface area contributed by atoms with E-state index in [1.807, 2.05) is 6.08 Å². The molecule has 0 aromatic heterocycles. The summed E-state index contributed by atoms with van der Waals surface area (Å²) in [6.07, 6.45) is 18.6. The smallest absolute Gasteiger partial charge is 0.408 e. The zero-order chi connectivity index (χ0) is 25.9. The molecule has 0 amide bonds. The number of carbonyl (C=O) groups excluding carboxylic acids is 1. The minimum Gasteiger partial charge on any atom is -0.430 e. The molecule has 0 aliphatic heterocycles. The van der Waals surface area contributed by atoms with E-state index in [9.17, 15) is 13.6 Å². The van der Waals surface area contributed by atoms with Gasteiger partial charge in [0, 0.05) is 17.0 Å². The zero-order valence-electron chi connectivity index (χ0n) is 22.2. The molecule has 0 aromatic rings. The second kappa shape index (κ2) is 9.30. The van der Waals surface area contributed by atoms with Crippen molar-refractivity contribution >= 4 is 15.0 Å². The van der Waals surface area contributed by atoms with Crippen LogP contribution in [0.5, 0.6) is 0 Å². The molecule has 4 fully saturated rings. The highest BCUT2D eigenvalue weighted by atomic mass is 31.0. The van der Waals surface area contributed by atoms with Gasteiger partial charge >= 0.3 is 5.85 Å². The number of allylic oxidation sites excluding steroid dienone is 5. The van der Waals surface area contributed by atoms with Crippen molar-refractivity contribution < 1.29 is 18.3 Å². The highest BCUT2D eigenvalue weighted by Gasteiger charge is 2.65. The summed E-state index contributed by atoms with van der Waals surface area (Å²) in [5, 5.41) is 0. The van der Waals surface area contributed by atoms with Crippen molar-refractivity contribution in [3.63, 3.8) is 0 Å². The number of rotatable bonds is 4. The Hall–Kier alpha value is -1.06. The molecule has 0 saturated heterocycles. The molecule has 36 heavy (non-hydrogen) atoms. The number of Topliss-reactive ketones (excluding diaryl/α,β-unsaturated/α-hetero) is 1. The summed E-state index contributed by atoms with van der Waals surface area (Å²) in [5.41, 5.74) is 8.19. The number of carbonyl (C=O) groups is 1. The van der Waals surface area contributed by atoms with E-state index in [2.05, 4.69) is 20.8 Å². The molecule has 3 nitrogen and oxygen atoms in total. The molecule has 4 saturated carbocycles. The maximum Gasteiger partial charge on any atom is 0.408 e. The van der Waals surface area contributed by atoms with Crippen LogP contribution in [-0.4, -0.2) is 17.2 Å². The third kappa shape index (κ3) is 4.45. The first-order valence-electron chi connectivity index (χ1n) is 14.1. The highest BCUT2D eigenvalue weighted by Crippen LogP contribution is 2.67. The summed E-state index contributed by atoms with van der Waals surface area (Å²) >= 11 is 0. The topological polar surface area (TPSA) is 52.3 Å². The van der Waals surface area contributed by atoms with Gasteiger partial charge in [-0.2, -0.15) is 8.78 Å². The first-order chi connectivity index (χ1) is 16.9. The molecular formula is C30H44F2NO2P. The summed E-state index contributed by atoms with van der Waals surface area (Å²) in [7, 11) is 1.39. The van der Waals surface area contributed by atoms with Gasteiger partial charge in [-0.1, -0.05) is 39.7 Å². The largest absolute Gasteiger partial charge is 0.430 e. The second-order valence-electron chi connectivity index (χ2n) is 13.2. The van der Waals surface area contributed by atoms with Gasteiger partial charge in [0.1, 0.15) is 5.76 Å². The van der Waals surface area contributed by atoms with E-state index in [0.717, 1.165) is 43.9 Å². The van der Waals surface area contributed by atoms with Gasteiger partial charge in [-0.05, 0) is 120 Å². The van der Waals surface area contributed by atoms with E-state index in [4.69, 9.17) is 10.5 Å². The van der Waals surface area contributed by atoms with Crippen molar-refractivity contribution in [1.29, 1.82) is 0 Å². The van der Waals surface area contributed by atoms with Gasteiger partial charge < -0.3 is 10.5 Å². The second-order valence-corrected chi connectivity index (χ2v) is 13.9. The Labute approximate surface area is 218 Å². The van der Waals surface area contributed by atoms with E-state index < -0.39 is 5.85 Å². The van der Waals surface area contributed by atoms with Crippen LogP contribution in [0, 0.1) is 40.4 Å². The average Bonchev–Trinajstić information content (AvgIpc) is 2.92. The van der Waals surface area contributed by atoms with Gasteiger partial charge in [0.15, 0.2) is 5.78 Å². The van der Waals surface area contributed by atoms with Gasteiger partial charge in [-0.25, -0.2) is 0 Å². The lowest BCUT2D eigenvalue weighted by atomic mass is 9.46. The van der Waals surface area contributed by atoms with Crippen LogP contribution >= 0.6 is 9.24 Å². The quantitative estimate of drug-likeness (QED) is 0.391. The lowest BCUT2D eigenvalue weighted by molar-refractivity contribution is -0.130. The summed E-state index contributed by atoms with van der Waals surface area (Å²) < 4.78 is 31.3. The Balaban J connectivity index is 1.37. The third-order valence-electron chi connectivity index (χ3n) is 11.3. The van der Waals surface area contributed by atoms with Crippen molar-refractivity contribution in [3.05, 3.63) is 35.6 Å². The predicted octanol–water partition coefficient (Wildman–Crippen LogP) is 7.53. The number of ether oxygens (including phenoxy) is 1. The SMILES string of the molecule is C[C@H]1CC[C@@]2(C)C(CCC[C@]3(N)C2CC[C@@]2(C)C3CC[C@@H]2C(=O)C2=CCC=C(OC(F)(F)P)C=C2)C1. The monoisotopic (exact) mass is 519 g/mol. The maximum atomic E-state index is 13.9. The number of nitrogens with two attached hydrogens (primary N) is 1. The molecule has 5 aliphatic carbocycles. The fraction of sp³-hybridized carbons (Fsp3) is 0.767. The van der Waals surface area contributed by atoms with E-state index >= 15 is 0 Å². The summed E-state index contributed by atoms with van der Waals surface area (Å²) in [4.78, 5) is 13.9. The Bertz CT molecular complexity index is 986. The normalized spacial score (nSPS) is 44.8. The number of hydrogen-bond acceptors (Lipinski definition) is 3. The molecule has 0 spiro atoms. The molecule has 200 valence electrons. The van der Waals surface area contributed by atoms with Crippen molar-refractivity contribution in [1.82, 2.24) is 0 Å². The fourth-order valence-electron chi connectivity index (χ4n) is 9.58. The minimum atomic E-state index is -3.32. The summed E-state index contributed by atoms with van der Waals surface area (Å²) in [6, 6.07) is 0. The highest BCUT2D eigenvalue weighted by molar-refractivity contribution is 7.17. The van der Waals surface area contributed by atoms with Crippen LogP contribution < -0.4 is 5.73 Å². The molecular weight excluding hydrogens is 475 g/mol. The van der Waals surface area contributed by atoms with Crippen molar-refractivity contribution in [3.8, 4) is 0 Å². The Morgan fingerprint density at radius 3 is 2.50 bits per heavy atom. The summed E-state index contributed by atoms with van der Waals surface area (Å²) in [5.74, 6) is -0.664. The van der Waals surface area contributed by atoms with Crippen LogP contribution in [0.15, 0.2) is 35.6 Å². The molecule has 5 rings (SSSR count). The van der Waals surface area contributed by atoms with Gasteiger partial charge in [0.05, 0.1) is 0 Å². The third-order valence-corrected chi connectivity index (χ3v) is 11.4. The van der Waals surface area contributed by atoms with Gasteiger partial charge in [-0.15, -0.1) is 0 Å². The van der Waals surface area contributed by atoms with Gasteiger partial charge in [-0.3, -0.25) is 4.79 Å². The Kier molecular flexibility index (Phi) is 6.85. The lowest BCUT2D eigenvalue weighted by Crippen LogP contribution is -2.64. The zero-order valence-corrected chi connectivity index (χ0v) is 23.4. The molecule has 6 heteroatoms. The van der Waals surface area contributed by atoms with Crippen LogP contribution in [0.2, 0.25) is 0 Å². The number of fused-ring (bicyclic) bond motifs is 5. The number of ketones is 1. The fourth-order valence-corrected chi connectivity index (χ4v) is 9.71. The van der Waals surface area contributed by atoms with Crippen LogP contribution in [0.1, 0.15) is 91.4 Å². The molecule has 0 heterocycles. The Morgan fingerprint density at radius 1 is 1.03 bits per heavy atom. The first kappa shape index (κ1) is 26.5. The Morgan fingerprint density at radius 2 is 1.75 bits per heavy atom. The molecule has 4 unspecified atom stereocenters. The van der Waals surface area contributed by atoms with E-state index in [0.29, 0.717) is 29.2 Å². The number of hydrogen-bond donors (Lipinski definition) is 1. The number of alkyl halides is 2. The van der Waals surface area contributed by atoms with Gasteiger partial charge in [0.2, 0.25) is 0 Å². The minimum absolute atomic E-state index is 0.0661. The van der Waals surface area contributed by atoms with Crippen LogP contribution in [0.4, 0.5) is 8.78 Å². The van der Waals surface area contributed by atoms with Crippen LogP contribution in [0.25, 0.3) is 0 Å². The van der Waals surface area contributed by atoms with Crippen LogP contribution in [-0.2, 0) is 9.53 Å². The van der Waals surface area contributed by atoms with Crippen molar-refractivity contribution in [2.45, 2.75) is 103 Å². The molecule has 0 radical (unpaired) electrons. The lowest BCUT2D eigenvalue weighted by Gasteiger charge is -2.60. The predicted molar refractivity (Wildman–Crippen MR) is 143 cm³/mol. The van der Waals surface area contributed by atoms with E-state index in [-0.39, 0.29) is 28.4 Å². The van der Waals surface area contributed by atoms with E-state index in [1.165, 1.54) is 47.4 Å². The van der Waals surface area contributed by atoms with Crippen molar-refractivity contribution in [2.75, 3.05) is 0 Å². The molecule has 0 bridgehead atoms. The molecule has 2 N–H and O–H groups in total. The van der Waals surface area contributed by atoms with E-state index in [1.54, 1.807) is 12.2 Å². The molecule has 0 aromatic carbocycles. The summed E-state index contributed by atoms with van der Waals surface area (Å²) in [6.45, 7) is 7.29. The van der Waals surface area contributed by atoms with Gasteiger partial charge in [0.25, 0.3) is 0 Å². The first-order valence-corrected chi connectivity index (χ1v) is 14.7. The molecule has 5 aliphatic rings. The average molecular weight is 520 g/mol. The standard InChI is InChI=1S/C30H44F2NO2P/c1-19-13-16-27(2)21(18-19)7-5-15-29(33)24-12-11-23(28(24,3)17-14-25(27)29)26(34)20-6-4-8-22(10-9-20)35-30(31,32)36/h6,8-10,19,21,23-25H,4-5,7,11-18,33,36H2,1-3H3/t19-,21?,23+,24?,25?,27-,28+,29+/m0/s1. The van der Waals surface area contributed by atoms with Crippen molar-refractivity contribution in [2.24, 2.45) is 46.2 Å². The van der Waals surface area contributed by atoms with Crippen LogP contribution in [0.3, 0.4) is 0 Å². The molecule has 9 atom stereocenters. The maximum absolute atomic E-state index is 13.9.